The Balaban J connectivity index is 2.31. The Kier molecular flexibility index (Phi) is 2.76. The Morgan fingerprint density at radius 2 is 2.00 bits per heavy atom. The molecule has 1 aromatic rings. The van der Waals surface area contributed by atoms with Crippen molar-refractivity contribution in [3.05, 3.63) is 23.8 Å². The zero-order chi connectivity index (χ0) is 10.7. The van der Waals surface area contributed by atoms with Crippen molar-refractivity contribution in [2.45, 2.75) is 6.42 Å². The van der Waals surface area contributed by atoms with E-state index in [1.807, 2.05) is 0 Å². The van der Waals surface area contributed by atoms with Crippen molar-refractivity contribution in [1.29, 1.82) is 0 Å². The molecule has 0 radical (unpaired) electrons. The Morgan fingerprint density at radius 3 is 2.73 bits per heavy atom. The highest BCUT2D eigenvalue weighted by Gasteiger charge is 2.12. The number of hydrogen-bond acceptors (Lipinski definition) is 3. The van der Waals surface area contributed by atoms with Crippen LogP contribution in [0.2, 0.25) is 0 Å². The average molecular weight is 207 g/mol. The summed E-state index contributed by atoms with van der Waals surface area (Å²) in [6.07, 6.45) is 0.865. The molecule has 0 saturated carbocycles. The molecule has 2 rings (SSSR count). The topological polar surface area (TPSA) is 47.6 Å². The molecule has 0 aromatic heterocycles. The number of carbonyl (C=O) groups is 1. The zero-order valence-corrected chi connectivity index (χ0v) is 8.58. The second-order valence-electron chi connectivity index (χ2n) is 3.29. The molecular formula is C11H13NO3. The molecule has 1 N–H and O–H groups in total. The first-order chi connectivity index (χ1) is 7.31. The van der Waals surface area contributed by atoms with Gasteiger partial charge in [0.1, 0.15) is 0 Å². The van der Waals surface area contributed by atoms with Crippen LogP contribution in [0, 0.1) is 0 Å². The lowest BCUT2D eigenvalue weighted by Crippen LogP contribution is -2.17. The lowest BCUT2D eigenvalue weighted by Gasteiger charge is -2.08. The molecule has 15 heavy (non-hydrogen) atoms. The third kappa shape index (κ3) is 2.03. The van der Waals surface area contributed by atoms with Gasteiger partial charge >= 0.3 is 0 Å². The number of fused-ring (bicyclic) bond motifs is 1. The fourth-order valence-electron chi connectivity index (χ4n) is 1.45. The van der Waals surface area contributed by atoms with Gasteiger partial charge in [-0.3, -0.25) is 4.79 Å². The number of amides is 1. The second-order valence-corrected chi connectivity index (χ2v) is 3.29. The minimum atomic E-state index is -0.120. The van der Waals surface area contributed by atoms with E-state index in [0.29, 0.717) is 30.3 Å². The van der Waals surface area contributed by atoms with Gasteiger partial charge in [0, 0.05) is 19.0 Å². The summed E-state index contributed by atoms with van der Waals surface area (Å²) in [6, 6.07) is 5.21. The summed E-state index contributed by atoms with van der Waals surface area (Å²) in [6.45, 7) is 1.29. The van der Waals surface area contributed by atoms with Crippen LogP contribution in [0.3, 0.4) is 0 Å². The minimum absolute atomic E-state index is 0.120. The first-order valence-corrected chi connectivity index (χ1v) is 4.93. The normalized spacial score (nSPS) is 14.2. The standard InChI is InChI=1S/C11H13NO3/c1-12-11(13)8-3-4-9-10(7-8)15-6-2-5-14-9/h3-4,7H,2,5-6H2,1H3,(H,12,13). The Bertz CT molecular complexity index is 376. The van der Waals surface area contributed by atoms with Crippen LogP contribution >= 0.6 is 0 Å². The van der Waals surface area contributed by atoms with E-state index in [1.54, 1.807) is 25.2 Å². The highest BCUT2D eigenvalue weighted by molar-refractivity contribution is 5.94. The van der Waals surface area contributed by atoms with Crippen LogP contribution in [0.25, 0.3) is 0 Å². The minimum Gasteiger partial charge on any atom is -0.490 e. The smallest absolute Gasteiger partial charge is 0.251 e. The third-order valence-electron chi connectivity index (χ3n) is 2.24. The van der Waals surface area contributed by atoms with Gasteiger partial charge in [0.2, 0.25) is 0 Å². The van der Waals surface area contributed by atoms with Crippen molar-refractivity contribution >= 4 is 5.91 Å². The van der Waals surface area contributed by atoms with Gasteiger partial charge in [-0.05, 0) is 18.2 Å². The fraction of sp³-hybridized carbons (Fsp3) is 0.364. The van der Waals surface area contributed by atoms with E-state index >= 15 is 0 Å². The fourth-order valence-corrected chi connectivity index (χ4v) is 1.45. The number of benzene rings is 1. The molecule has 0 unspecified atom stereocenters. The van der Waals surface area contributed by atoms with Crippen LogP contribution in [0.15, 0.2) is 18.2 Å². The quantitative estimate of drug-likeness (QED) is 0.752. The molecule has 1 amide bonds. The van der Waals surface area contributed by atoms with Crippen molar-refractivity contribution in [2.75, 3.05) is 20.3 Å². The molecule has 4 nitrogen and oxygen atoms in total. The summed E-state index contributed by atoms with van der Waals surface area (Å²) in [5.74, 6) is 1.24. The van der Waals surface area contributed by atoms with Crippen molar-refractivity contribution in [1.82, 2.24) is 5.32 Å². The lowest BCUT2D eigenvalue weighted by atomic mass is 10.2. The molecule has 0 saturated heterocycles. The van der Waals surface area contributed by atoms with Crippen molar-refractivity contribution in [3.8, 4) is 11.5 Å². The number of rotatable bonds is 1. The molecule has 0 aliphatic carbocycles. The average Bonchev–Trinajstić information content (AvgIpc) is 2.51. The van der Waals surface area contributed by atoms with Gasteiger partial charge in [0.25, 0.3) is 5.91 Å². The molecule has 4 heteroatoms. The number of ether oxygens (including phenoxy) is 2. The highest BCUT2D eigenvalue weighted by atomic mass is 16.5. The predicted octanol–water partition coefficient (Wildman–Crippen LogP) is 1.21. The first kappa shape index (κ1) is 9.83. The third-order valence-corrected chi connectivity index (χ3v) is 2.24. The van der Waals surface area contributed by atoms with Crippen LogP contribution in [-0.4, -0.2) is 26.2 Å². The van der Waals surface area contributed by atoms with E-state index < -0.39 is 0 Å². The number of nitrogens with one attached hydrogen (secondary N) is 1. The van der Waals surface area contributed by atoms with Gasteiger partial charge in [0.05, 0.1) is 13.2 Å². The number of hydrogen-bond donors (Lipinski definition) is 1. The summed E-state index contributed by atoms with van der Waals surface area (Å²) in [5, 5.41) is 2.57. The molecule has 1 aromatic carbocycles. The lowest BCUT2D eigenvalue weighted by molar-refractivity contribution is 0.0962. The van der Waals surface area contributed by atoms with Gasteiger partial charge in [0.15, 0.2) is 11.5 Å². The molecule has 1 heterocycles. The molecule has 0 spiro atoms. The van der Waals surface area contributed by atoms with E-state index in [-0.39, 0.29) is 5.91 Å². The largest absolute Gasteiger partial charge is 0.490 e. The summed E-state index contributed by atoms with van der Waals surface area (Å²) in [7, 11) is 1.60. The van der Waals surface area contributed by atoms with Crippen molar-refractivity contribution in [2.24, 2.45) is 0 Å². The van der Waals surface area contributed by atoms with Crippen LogP contribution in [0.4, 0.5) is 0 Å². The molecule has 1 aliphatic rings. The maximum Gasteiger partial charge on any atom is 0.251 e. The molecule has 80 valence electrons. The maximum absolute atomic E-state index is 11.4. The maximum atomic E-state index is 11.4. The molecule has 0 fully saturated rings. The van der Waals surface area contributed by atoms with Gasteiger partial charge in [-0.15, -0.1) is 0 Å². The molecular weight excluding hydrogens is 194 g/mol. The summed E-state index contributed by atoms with van der Waals surface area (Å²) in [4.78, 5) is 11.4. The molecule has 0 bridgehead atoms. The van der Waals surface area contributed by atoms with Gasteiger partial charge in [-0.25, -0.2) is 0 Å². The van der Waals surface area contributed by atoms with Crippen LogP contribution < -0.4 is 14.8 Å². The van der Waals surface area contributed by atoms with Gasteiger partial charge in [-0.1, -0.05) is 0 Å². The van der Waals surface area contributed by atoms with Gasteiger partial charge in [-0.2, -0.15) is 0 Å². The summed E-state index contributed by atoms with van der Waals surface area (Å²) in [5.41, 5.74) is 0.585. The van der Waals surface area contributed by atoms with E-state index in [0.717, 1.165) is 6.42 Å². The first-order valence-electron chi connectivity index (χ1n) is 4.93. The van der Waals surface area contributed by atoms with E-state index in [1.165, 1.54) is 0 Å². The predicted molar refractivity (Wildman–Crippen MR) is 55.4 cm³/mol. The number of carbonyl (C=O) groups excluding carboxylic acids is 1. The zero-order valence-electron chi connectivity index (χ0n) is 8.58. The van der Waals surface area contributed by atoms with E-state index in [9.17, 15) is 4.79 Å². The van der Waals surface area contributed by atoms with Crippen molar-refractivity contribution in [3.63, 3.8) is 0 Å². The molecule has 1 aliphatic heterocycles. The highest BCUT2D eigenvalue weighted by Crippen LogP contribution is 2.30. The van der Waals surface area contributed by atoms with Crippen LogP contribution in [0.1, 0.15) is 16.8 Å². The van der Waals surface area contributed by atoms with E-state index in [2.05, 4.69) is 5.32 Å². The van der Waals surface area contributed by atoms with Gasteiger partial charge < -0.3 is 14.8 Å². The summed E-state index contributed by atoms with van der Waals surface area (Å²) < 4.78 is 10.9. The monoisotopic (exact) mass is 207 g/mol. The van der Waals surface area contributed by atoms with Crippen LogP contribution in [-0.2, 0) is 0 Å². The Hall–Kier alpha value is -1.71. The summed E-state index contributed by atoms with van der Waals surface area (Å²) >= 11 is 0. The molecule has 0 atom stereocenters. The van der Waals surface area contributed by atoms with E-state index in [4.69, 9.17) is 9.47 Å². The SMILES string of the molecule is CNC(=O)c1ccc2c(c1)OCCCO2. The Morgan fingerprint density at radius 1 is 1.27 bits per heavy atom. The van der Waals surface area contributed by atoms with Crippen LogP contribution in [0.5, 0.6) is 11.5 Å². The van der Waals surface area contributed by atoms with Crippen molar-refractivity contribution < 1.29 is 14.3 Å². The Labute approximate surface area is 88.2 Å². The second kappa shape index (κ2) is 4.21.